The van der Waals surface area contributed by atoms with E-state index in [2.05, 4.69) is 5.32 Å². The van der Waals surface area contributed by atoms with Gasteiger partial charge in [0.2, 0.25) is 17.7 Å². The molecule has 0 spiro atoms. The smallest absolute Gasteiger partial charge is 0.542 e. The SMILES string of the molecule is CC(C)C1CC(=O)N(CCC(=O)NCCOCC[C-]=O)C1=O.[K+]. The van der Waals surface area contributed by atoms with Gasteiger partial charge in [0.25, 0.3) is 0 Å². The maximum atomic E-state index is 12.1. The van der Waals surface area contributed by atoms with Crippen LogP contribution in [0.4, 0.5) is 0 Å². The summed E-state index contributed by atoms with van der Waals surface area (Å²) in [6.45, 7) is 4.86. The molecule has 1 heterocycles. The van der Waals surface area contributed by atoms with E-state index in [0.29, 0.717) is 13.2 Å². The van der Waals surface area contributed by atoms with Crippen molar-refractivity contribution in [3.8, 4) is 0 Å². The first-order valence-electron chi connectivity index (χ1n) is 7.51. The molecule has 1 N–H and O–H groups in total. The van der Waals surface area contributed by atoms with Crippen LogP contribution < -0.4 is 56.7 Å². The third-order valence-electron chi connectivity index (χ3n) is 3.56. The second-order valence-corrected chi connectivity index (χ2v) is 5.54. The first-order valence-corrected chi connectivity index (χ1v) is 7.51. The third-order valence-corrected chi connectivity index (χ3v) is 3.56. The fourth-order valence-corrected chi connectivity index (χ4v) is 2.24. The van der Waals surface area contributed by atoms with E-state index in [-0.39, 0.29) is 113 Å². The summed E-state index contributed by atoms with van der Waals surface area (Å²) in [5.74, 6) is -0.764. The molecule has 1 saturated heterocycles. The first-order chi connectivity index (χ1) is 10.5. The molecule has 0 aromatic rings. The van der Waals surface area contributed by atoms with Gasteiger partial charge in [-0.25, -0.2) is 0 Å². The van der Waals surface area contributed by atoms with Crippen LogP contribution in [0.1, 0.15) is 33.1 Å². The maximum Gasteiger partial charge on any atom is 1.00 e. The monoisotopic (exact) mass is 350 g/mol. The molecular formula is C15H23KN2O5. The molecule has 0 aromatic heterocycles. The van der Waals surface area contributed by atoms with Gasteiger partial charge in [-0.1, -0.05) is 13.8 Å². The van der Waals surface area contributed by atoms with E-state index in [1.165, 1.54) is 4.90 Å². The fraction of sp³-hybridized carbons (Fsp3) is 0.733. The molecule has 0 bridgehead atoms. The molecule has 0 aliphatic carbocycles. The number of rotatable bonds is 10. The van der Waals surface area contributed by atoms with E-state index < -0.39 is 0 Å². The predicted octanol–water partition coefficient (Wildman–Crippen LogP) is -2.96. The molecule has 1 unspecified atom stereocenters. The molecule has 124 valence electrons. The van der Waals surface area contributed by atoms with Gasteiger partial charge in [-0.15, -0.1) is 6.42 Å². The number of likely N-dealkylation sites (tertiary alicyclic amines) is 1. The van der Waals surface area contributed by atoms with Gasteiger partial charge >= 0.3 is 51.4 Å². The van der Waals surface area contributed by atoms with Crippen LogP contribution in [0.15, 0.2) is 0 Å². The Balaban J connectivity index is 0.00000484. The number of carbonyl (C=O) groups excluding carboxylic acids is 4. The molecule has 0 saturated carbocycles. The van der Waals surface area contributed by atoms with Crippen LogP contribution in [0.2, 0.25) is 0 Å². The molecule has 8 heteroatoms. The van der Waals surface area contributed by atoms with Crippen molar-refractivity contribution in [3.05, 3.63) is 0 Å². The molecule has 0 radical (unpaired) electrons. The Kier molecular flexibility index (Phi) is 12.2. The molecule has 1 atom stereocenters. The van der Waals surface area contributed by atoms with Gasteiger partial charge < -0.3 is 14.8 Å². The molecule has 1 fully saturated rings. The molecule has 1 aliphatic rings. The van der Waals surface area contributed by atoms with Gasteiger partial charge in [-0.2, -0.15) is 0 Å². The van der Waals surface area contributed by atoms with Crippen molar-refractivity contribution in [2.45, 2.75) is 33.1 Å². The minimum absolute atomic E-state index is 0. The summed E-state index contributed by atoms with van der Waals surface area (Å²) in [5, 5.41) is 2.64. The normalized spacial score (nSPS) is 17.3. The van der Waals surface area contributed by atoms with E-state index in [4.69, 9.17) is 4.74 Å². The number of hydrogen-bond donors (Lipinski definition) is 1. The van der Waals surface area contributed by atoms with Crippen LogP contribution in [-0.2, 0) is 23.9 Å². The molecule has 7 nitrogen and oxygen atoms in total. The summed E-state index contributed by atoms with van der Waals surface area (Å²) in [6, 6.07) is 0. The Morgan fingerprint density at radius 2 is 2.09 bits per heavy atom. The zero-order chi connectivity index (χ0) is 16.5. The van der Waals surface area contributed by atoms with Gasteiger partial charge in [0, 0.05) is 38.5 Å². The van der Waals surface area contributed by atoms with Gasteiger partial charge in [-0.3, -0.25) is 25.6 Å². The Morgan fingerprint density at radius 1 is 1.39 bits per heavy atom. The van der Waals surface area contributed by atoms with Crippen LogP contribution in [0.5, 0.6) is 0 Å². The van der Waals surface area contributed by atoms with Crippen molar-refractivity contribution >= 4 is 24.0 Å². The minimum atomic E-state index is -0.265. The van der Waals surface area contributed by atoms with Crippen molar-refractivity contribution in [2.24, 2.45) is 11.8 Å². The van der Waals surface area contributed by atoms with E-state index in [1.54, 1.807) is 6.29 Å². The Bertz CT molecular complexity index is 428. The zero-order valence-electron chi connectivity index (χ0n) is 14.1. The number of imide groups is 1. The van der Waals surface area contributed by atoms with Crippen LogP contribution in [0.25, 0.3) is 0 Å². The summed E-state index contributed by atoms with van der Waals surface area (Å²) in [4.78, 5) is 46.6. The number of amides is 3. The summed E-state index contributed by atoms with van der Waals surface area (Å²) in [5.41, 5.74) is 0. The number of nitrogens with zero attached hydrogens (tertiary/aromatic N) is 1. The maximum absolute atomic E-state index is 12.1. The van der Waals surface area contributed by atoms with E-state index in [9.17, 15) is 19.2 Å². The Morgan fingerprint density at radius 3 is 2.65 bits per heavy atom. The van der Waals surface area contributed by atoms with Crippen molar-refractivity contribution in [2.75, 3.05) is 26.3 Å². The standard InChI is InChI=1S/C15H23N2O5.K/c1-11(2)12-10-14(20)17(15(12)21)6-4-13(19)16-5-9-22-8-3-7-18;/h11-12H,3-6,8-10H2,1-2H3,(H,16,19);/q-1;+1. The molecule has 1 rings (SSSR count). The average molecular weight is 350 g/mol. The largest absolute Gasteiger partial charge is 1.00 e. The first kappa shape index (κ1) is 22.9. The van der Waals surface area contributed by atoms with Crippen LogP contribution in [0, 0.1) is 11.8 Å². The number of ether oxygens (including phenoxy) is 1. The molecule has 1 aliphatic heterocycles. The predicted molar refractivity (Wildman–Crippen MR) is 78.4 cm³/mol. The summed E-state index contributed by atoms with van der Waals surface area (Å²) < 4.78 is 5.08. The van der Waals surface area contributed by atoms with E-state index in [1.807, 2.05) is 13.8 Å². The van der Waals surface area contributed by atoms with Gasteiger partial charge in [-0.05, 0) is 5.92 Å². The van der Waals surface area contributed by atoms with Crippen molar-refractivity contribution in [1.29, 1.82) is 0 Å². The van der Waals surface area contributed by atoms with Crippen LogP contribution in [-0.4, -0.2) is 55.2 Å². The van der Waals surface area contributed by atoms with Crippen LogP contribution in [0.3, 0.4) is 0 Å². The fourth-order valence-electron chi connectivity index (χ4n) is 2.24. The van der Waals surface area contributed by atoms with Crippen molar-refractivity contribution < 1.29 is 75.3 Å². The topological polar surface area (TPSA) is 92.8 Å². The van der Waals surface area contributed by atoms with E-state index in [0.717, 1.165) is 0 Å². The average Bonchev–Trinajstić information content (AvgIpc) is 2.76. The van der Waals surface area contributed by atoms with Crippen molar-refractivity contribution in [3.63, 3.8) is 0 Å². The number of nitrogens with one attached hydrogen (secondary N) is 1. The molecular weight excluding hydrogens is 327 g/mol. The molecule has 23 heavy (non-hydrogen) atoms. The quantitative estimate of drug-likeness (QED) is 0.197. The zero-order valence-corrected chi connectivity index (χ0v) is 17.2. The third kappa shape index (κ3) is 8.00. The van der Waals surface area contributed by atoms with Gasteiger partial charge in [0.05, 0.1) is 6.61 Å². The van der Waals surface area contributed by atoms with Crippen LogP contribution >= 0.6 is 0 Å². The molecule has 3 amide bonds. The second-order valence-electron chi connectivity index (χ2n) is 5.54. The Hall–Kier alpha value is -0.124. The van der Waals surface area contributed by atoms with Gasteiger partial charge in [0.15, 0.2) is 0 Å². The minimum Gasteiger partial charge on any atom is -0.542 e. The number of hydrogen-bond acceptors (Lipinski definition) is 5. The van der Waals surface area contributed by atoms with Gasteiger partial charge in [0.1, 0.15) is 0 Å². The molecule has 0 aromatic carbocycles. The summed E-state index contributed by atoms with van der Waals surface area (Å²) in [6.07, 6.45) is 2.24. The second kappa shape index (κ2) is 12.3. The Labute approximate surface area is 179 Å². The number of carbonyl (C=O) groups is 3. The summed E-state index contributed by atoms with van der Waals surface area (Å²) >= 11 is 0. The van der Waals surface area contributed by atoms with Crippen molar-refractivity contribution in [1.82, 2.24) is 10.2 Å². The van der Waals surface area contributed by atoms with E-state index >= 15 is 0 Å². The summed E-state index contributed by atoms with van der Waals surface area (Å²) in [7, 11) is 0.